The highest BCUT2D eigenvalue weighted by atomic mass is 32.1. The van der Waals surface area contributed by atoms with Crippen molar-refractivity contribution in [2.75, 3.05) is 0 Å². The maximum atomic E-state index is 5.76. The summed E-state index contributed by atoms with van der Waals surface area (Å²) in [6.45, 7) is 0.584. The largest absolute Gasteiger partial charge is 0.489 e. The molecule has 0 aliphatic heterocycles. The van der Waals surface area contributed by atoms with Crippen molar-refractivity contribution in [1.29, 1.82) is 0 Å². The second kappa shape index (κ2) is 4.78. The normalized spacial score (nSPS) is 10.7. The van der Waals surface area contributed by atoms with E-state index in [2.05, 4.69) is 29.7 Å². The van der Waals surface area contributed by atoms with Gasteiger partial charge >= 0.3 is 0 Å². The van der Waals surface area contributed by atoms with Crippen LogP contribution in [-0.2, 0) is 6.61 Å². The zero-order valence-electron chi connectivity index (χ0n) is 9.76. The van der Waals surface area contributed by atoms with Crippen LogP contribution >= 0.6 is 12.6 Å². The Kier molecular flexibility index (Phi) is 2.99. The van der Waals surface area contributed by atoms with Crippen molar-refractivity contribution in [1.82, 2.24) is 4.98 Å². The summed E-state index contributed by atoms with van der Waals surface area (Å²) in [7, 11) is 0. The van der Waals surface area contributed by atoms with Gasteiger partial charge in [0.05, 0.1) is 5.52 Å². The molecule has 1 heterocycles. The molecule has 90 valence electrons. The third kappa shape index (κ3) is 2.22. The Hall–Kier alpha value is -1.87. The van der Waals surface area contributed by atoms with Crippen molar-refractivity contribution in [2.45, 2.75) is 11.5 Å². The van der Waals surface area contributed by atoms with E-state index in [1.165, 1.54) is 5.56 Å². The molecule has 0 radical (unpaired) electrons. The Morgan fingerprint density at radius 3 is 2.72 bits per heavy atom. The average molecular weight is 255 g/mol. The maximum Gasteiger partial charge on any atom is 0.121 e. The van der Waals surface area contributed by atoms with Crippen molar-refractivity contribution < 1.29 is 4.74 Å². The van der Waals surface area contributed by atoms with E-state index in [0.717, 1.165) is 21.5 Å². The Bertz CT molecular complexity index is 661. The van der Waals surface area contributed by atoms with Crippen LogP contribution in [0.3, 0.4) is 0 Å². The fourth-order valence-electron chi connectivity index (χ4n) is 1.92. The van der Waals surface area contributed by atoms with E-state index in [1.807, 2.05) is 42.6 Å². The summed E-state index contributed by atoms with van der Waals surface area (Å²) in [5.41, 5.74) is 2.21. The maximum absolute atomic E-state index is 5.76. The van der Waals surface area contributed by atoms with Gasteiger partial charge in [-0.15, -0.1) is 12.6 Å². The highest BCUT2D eigenvalue weighted by molar-refractivity contribution is 7.80. The molecule has 0 aliphatic carbocycles. The molecular formula is C15H13NOS. The molecule has 2 aromatic carbocycles. The summed E-state index contributed by atoms with van der Waals surface area (Å²) in [5, 5.41) is 1.12. The van der Waals surface area contributed by atoms with Gasteiger partial charge in [-0.05, 0) is 17.7 Å². The topological polar surface area (TPSA) is 25.0 Å². The number of rotatable bonds is 3. The van der Waals surface area contributed by atoms with Gasteiger partial charge in [-0.2, -0.15) is 0 Å². The van der Waals surface area contributed by atoms with Crippen LogP contribution in [0.4, 0.5) is 0 Å². The molecule has 1 N–H and O–H groups in total. The number of ether oxygens (including phenoxy) is 1. The van der Waals surface area contributed by atoms with Crippen LogP contribution in [0.2, 0.25) is 0 Å². The van der Waals surface area contributed by atoms with E-state index in [0.29, 0.717) is 6.61 Å². The summed E-state index contributed by atoms with van der Waals surface area (Å²) in [5.74, 6) is 0.863. The lowest BCUT2D eigenvalue weighted by Crippen LogP contribution is -1.94. The molecule has 0 unspecified atom stereocenters. The SMILES string of the molecule is Sc1c[nH]c2cc(OCc3ccccc3)ccc12. The molecule has 0 aliphatic rings. The number of thiol groups is 1. The standard InChI is InChI=1S/C15H13NOS/c18-15-9-16-14-8-12(6-7-13(14)15)17-10-11-4-2-1-3-5-11/h1-9,16,18H,10H2. The van der Waals surface area contributed by atoms with Gasteiger partial charge < -0.3 is 9.72 Å². The highest BCUT2D eigenvalue weighted by Crippen LogP contribution is 2.25. The minimum atomic E-state index is 0.584. The van der Waals surface area contributed by atoms with E-state index >= 15 is 0 Å². The fourth-order valence-corrected chi connectivity index (χ4v) is 2.18. The van der Waals surface area contributed by atoms with Crippen LogP contribution in [-0.4, -0.2) is 4.98 Å². The fraction of sp³-hybridized carbons (Fsp3) is 0.0667. The number of fused-ring (bicyclic) bond motifs is 1. The van der Waals surface area contributed by atoms with Gasteiger partial charge in [-0.3, -0.25) is 0 Å². The first-order valence-electron chi connectivity index (χ1n) is 5.80. The summed E-state index contributed by atoms with van der Waals surface area (Å²) in [6, 6.07) is 16.1. The summed E-state index contributed by atoms with van der Waals surface area (Å²) in [6.07, 6.45) is 1.88. The second-order valence-electron chi connectivity index (χ2n) is 4.16. The Morgan fingerprint density at radius 1 is 1.06 bits per heavy atom. The molecule has 0 amide bonds. The molecule has 0 fully saturated rings. The molecule has 0 saturated carbocycles. The number of aromatic nitrogens is 1. The highest BCUT2D eigenvalue weighted by Gasteiger charge is 2.02. The molecule has 3 rings (SSSR count). The molecular weight excluding hydrogens is 242 g/mol. The second-order valence-corrected chi connectivity index (χ2v) is 4.64. The third-order valence-electron chi connectivity index (χ3n) is 2.88. The van der Waals surface area contributed by atoms with Crippen LogP contribution < -0.4 is 4.74 Å². The quantitative estimate of drug-likeness (QED) is 0.678. The lowest BCUT2D eigenvalue weighted by Gasteiger charge is -2.06. The van der Waals surface area contributed by atoms with Crippen molar-refractivity contribution in [3.05, 3.63) is 60.3 Å². The lowest BCUT2D eigenvalue weighted by atomic mass is 10.2. The van der Waals surface area contributed by atoms with Gasteiger partial charge in [-0.1, -0.05) is 30.3 Å². The van der Waals surface area contributed by atoms with Gasteiger partial charge in [0.1, 0.15) is 12.4 Å². The molecule has 0 spiro atoms. The number of aromatic amines is 1. The lowest BCUT2D eigenvalue weighted by molar-refractivity contribution is 0.306. The van der Waals surface area contributed by atoms with Gasteiger partial charge in [0.2, 0.25) is 0 Å². The van der Waals surface area contributed by atoms with E-state index < -0.39 is 0 Å². The summed E-state index contributed by atoms with van der Waals surface area (Å²) < 4.78 is 5.76. The number of nitrogens with one attached hydrogen (secondary N) is 1. The smallest absolute Gasteiger partial charge is 0.121 e. The van der Waals surface area contributed by atoms with Crippen LogP contribution in [0.15, 0.2) is 59.6 Å². The Labute approximate surface area is 111 Å². The van der Waals surface area contributed by atoms with Crippen molar-refractivity contribution in [2.24, 2.45) is 0 Å². The molecule has 1 aromatic heterocycles. The molecule has 0 bridgehead atoms. The van der Waals surface area contributed by atoms with Crippen molar-refractivity contribution >= 4 is 23.5 Å². The molecule has 0 saturated heterocycles. The van der Waals surface area contributed by atoms with Crippen LogP contribution in [0.5, 0.6) is 5.75 Å². The van der Waals surface area contributed by atoms with Crippen LogP contribution in [0, 0.1) is 0 Å². The van der Waals surface area contributed by atoms with Gasteiger partial charge in [0, 0.05) is 22.5 Å². The zero-order valence-corrected chi connectivity index (χ0v) is 10.7. The van der Waals surface area contributed by atoms with Crippen LogP contribution in [0.25, 0.3) is 10.9 Å². The van der Waals surface area contributed by atoms with Crippen molar-refractivity contribution in [3.8, 4) is 5.75 Å². The average Bonchev–Trinajstić information content (AvgIpc) is 2.79. The molecule has 18 heavy (non-hydrogen) atoms. The Morgan fingerprint density at radius 2 is 1.89 bits per heavy atom. The predicted molar refractivity (Wildman–Crippen MR) is 76.3 cm³/mol. The predicted octanol–water partition coefficient (Wildman–Crippen LogP) is 4.04. The number of H-pyrrole nitrogens is 1. The Balaban J connectivity index is 1.79. The number of benzene rings is 2. The van der Waals surface area contributed by atoms with Gasteiger partial charge in [0.25, 0.3) is 0 Å². The van der Waals surface area contributed by atoms with E-state index in [9.17, 15) is 0 Å². The van der Waals surface area contributed by atoms with Crippen LogP contribution in [0.1, 0.15) is 5.56 Å². The molecule has 3 aromatic rings. The monoisotopic (exact) mass is 255 g/mol. The minimum absolute atomic E-state index is 0.584. The van der Waals surface area contributed by atoms with Crippen molar-refractivity contribution in [3.63, 3.8) is 0 Å². The van der Waals surface area contributed by atoms with Gasteiger partial charge in [-0.25, -0.2) is 0 Å². The van der Waals surface area contributed by atoms with Gasteiger partial charge in [0.15, 0.2) is 0 Å². The zero-order chi connectivity index (χ0) is 12.4. The first-order chi connectivity index (χ1) is 8.83. The molecule has 0 atom stereocenters. The number of hydrogen-bond donors (Lipinski definition) is 2. The first-order valence-corrected chi connectivity index (χ1v) is 6.24. The summed E-state index contributed by atoms with van der Waals surface area (Å²) in [4.78, 5) is 4.13. The first kappa shape index (κ1) is 11.2. The van der Waals surface area contributed by atoms with E-state index in [4.69, 9.17) is 4.74 Å². The van der Waals surface area contributed by atoms with E-state index in [-0.39, 0.29) is 0 Å². The molecule has 3 heteroatoms. The van der Waals surface area contributed by atoms with E-state index in [1.54, 1.807) is 0 Å². The molecule has 2 nitrogen and oxygen atoms in total. The summed E-state index contributed by atoms with van der Waals surface area (Å²) >= 11 is 4.37. The minimum Gasteiger partial charge on any atom is -0.489 e. The third-order valence-corrected chi connectivity index (χ3v) is 3.25. The number of hydrogen-bond acceptors (Lipinski definition) is 2.